The molecule has 2 N–H and O–H groups in total. The zero-order chi connectivity index (χ0) is 9.14. The summed E-state index contributed by atoms with van der Waals surface area (Å²) in [5.74, 6) is 0.430. The van der Waals surface area contributed by atoms with Crippen LogP contribution in [0.4, 0.5) is 0 Å². The van der Waals surface area contributed by atoms with Gasteiger partial charge in [0.2, 0.25) is 0 Å². The van der Waals surface area contributed by atoms with E-state index in [-0.39, 0.29) is 0 Å². The predicted octanol–water partition coefficient (Wildman–Crippen LogP) is 1.73. The molecular formula is C9H13O2P. The average Bonchev–Trinajstić information content (AvgIpc) is 2.04. The Morgan fingerprint density at radius 3 is 2.42 bits per heavy atom. The third-order valence-electron chi connectivity index (χ3n) is 1.77. The van der Waals surface area contributed by atoms with Gasteiger partial charge in [-0.15, -0.1) is 0 Å². The van der Waals surface area contributed by atoms with Crippen molar-refractivity contribution in [3.8, 4) is 0 Å². The van der Waals surface area contributed by atoms with Gasteiger partial charge >= 0.3 is 0 Å². The number of hydrogen-bond acceptors (Lipinski definition) is 2. The van der Waals surface area contributed by atoms with Crippen molar-refractivity contribution >= 4 is 13.7 Å². The van der Waals surface area contributed by atoms with Gasteiger partial charge in [-0.1, -0.05) is 26.0 Å². The van der Waals surface area contributed by atoms with Crippen molar-refractivity contribution in [2.45, 2.75) is 19.8 Å². The Balaban J connectivity index is 2.96. The normalized spacial score (nSPS) is 11.2. The van der Waals surface area contributed by atoms with Crippen LogP contribution in [-0.2, 0) is 0 Å². The molecule has 1 aromatic carbocycles. The SMILES string of the molecule is CC(C)c1cccc(P(O)O)c1. The highest BCUT2D eigenvalue weighted by atomic mass is 31.2. The van der Waals surface area contributed by atoms with E-state index in [1.807, 2.05) is 18.2 Å². The fourth-order valence-corrected chi connectivity index (χ4v) is 1.49. The Morgan fingerprint density at radius 2 is 1.92 bits per heavy atom. The molecule has 0 aliphatic carbocycles. The second kappa shape index (κ2) is 3.99. The van der Waals surface area contributed by atoms with Crippen molar-refractivity contribution in [3.63, 3.8) is 0 Å². The van der Waals surface area contributed by atoms with Gasteiger partial charge in [0, 0.05) is 5.30 Å². The molecule has 0 atom stereocenters. The quantitative estimate of drug-likeness (QED) is 0.687. The highest BCUT2D eigenvalue weighted by Crippen LogP contribution is 2.23. The molecule has 0 saturated heterocycles. The van der Waals surface area contributed by atoms with E-state index in [1.165, 1.54) is 0 Å². The summed E-state index contributed by atoms with van der Waals surface area (Å²) >= 11 is 0. The number of benzene rings is 1. The first-order chi connectivity index (χ1) is 5.61. The molecule has 66 valence electrons. The second-order valence-electron chi connectivity index (χ2n) is 3.04. The molecule has 0 aromatic heterocycles. The predicted molar refractivity (Wildman–Crippen MR) is 51.5 cm³/mol. The van der Waals surface area contributed by atoms with Gasteiger partial charge in [0.25, 0.3) is 0 Å². The van der Waals surface area contributed by atoms with Crippen LogP contribution in [0.25, 0.3) is 0 Å². The van der Waals surface area contributed by atoms with Crippen LogP contribution < -0.4 is 5.30 Å². The molecule has 0 fully saturated rings. The van der Waals surface area contributed by atoms with Crippen molar-refractivity contribution in [3.05, 3.63) is 29.8 Å². The molecule has 0 radical (unpaired) electrons. The standard InChI is InChI=1S/C9H13O2P/c1-7(2)8-4-3-5-9(6-8)12(10)11/h3-7,10-11H,1-2H3. The Hall–Kier alpha value is -0.430. The molecule has 0 aliphatic rings. The lowest BCUT2D eigenvalue weighted by Crippen LogP contribution is -2.01. The molecule has 0 amide bonds. The molecule has 3 heteroatoms. The van der Waals surface area contributed by atoms with Crippen LogP contribution >= 0.6 is 8.38 Å². The Bertz CT molecular complexity index is 235. The van der Waals surface area contributed by atoms with E-state index in [9.17, 15) is 0 Å². The fraction of sp³-hybridized carbons (Fsp3) is 0.333. The number of rotatable bonds is 2. The van der Waals surface area contributed by atoms with Crippen molar-refractivity contribution in [2.75, 3.05) is 0 Å². The Labute approximate surface area is 73.8 Å². The van der Waals surface area contributed by atoms with Crippen molar-refractivity contribution in [1.29, 1.82) is 0 Å². The second-order valence-corrected chi connectivity index (χ2v) is 4.13. The lowest BCUT2D eigenvalue weighted by Gasteiger charge is -2.07. The van der Waals surface area contributed by atoms with Crippen LogP contribution in [0.1, 0.15) is 25.3 Å². The van der Waals surface area contributed by atoms with Gasteiger partial charge in [-0.25, -0.2) is 0 Å². The van der Waals surface area contributed by atoms with Crippen molar-refractivity contribution in [2.24, 2.45) is 0 Å². The zero-order valence-electron chi connectivity index (χ0n) is 7.23. The molecule has 0 spiro atoms. The van der Waals surface area contributed by atoms with Gasteiger partial charge in [-0.3, -0.25) is 0 Å². The number of hydrogen-bond donors (Lipinski definition) is 2. The summed E-state index contributed by atoms with van der Waals surface area (Å²) in [5, 5.41) is 0.621. The highest BCUT2D eigenvalue weighted by Gasteiger charge is 2.05. The molecule has 0 bridgehead atoms. The monoisotopic (exact) mass is 184 g/mol. The fourth-order valence-electron chi connectivity index (χ4n) is 1.01. The Morgan fingerprint density at radius 1 is 1.25 bits per heavy atom. The Kier molecular flexibility index (Phi) is 3.21. The molecule has 0 unspecified atom stereocenters. The first-order valence-corrected chi connectivity index (χ1v) is 5.14. The molecule has 0 saturated carbocycles. The van der Waals surface area contributed by atoms with E-state index in [4.69, 9.17) is 9.79 Å². The largest absolute Gasteiger partial charge is 0.347 e. The molecule has 2 nitrogen and oxygen atoms in total. The molecule has 0 aliphatic heterocycles. The van der Waals surface area contributed by atoms with E-state index in [2.05, 4.69) is 13.8 Å². The van der Waals surface area contributed by atoms with Crippen LogP contribution in [0.15, 0.2) is 24.3 Å². The molecule has 12 heavy (non-hydrogen) atoms. The van der Waals surface area contributed by atoms with Crippen LogP contribution in [-0.4, -0.2) is 9.79 Å². The van der Waals surface area contributed by atoms with Gasteiger partial charge in [0.1, 0.15) is 0 Å². The minimum absolute atomic E-state index is 0.430. The van der Waals surface area contributed by atoms with Gasteiger partial charge < -0.3 is 9.79 Å². The summed E-state index contributed by atoms with van der Waals surface area (Å²) in [6.45, 7) is 4.16. The molecule has 0 heterocycles. The summed E-state index contributed by atoms with van der Waals surface area (Å²) in [6, 6.07) is 7.42. The van der Waals surface area contributed by atoms with E-state index in [0.717, 1.165) is 5.56 Å². The van der Waals surface area contributed by atoms with E-state index >= 15 is 0 Å². The van der Waals surface area contributed by atoms with Gasteiger partial charge in [-0.2, -0.15) is 0 Å². The van der Waals surface area contributed by atoms with Crippen molar-refractivity contribution in [1.82, 2.24) is 0 Å². The first-order valence-electron chi connectivity index (χ1n) is 3.89. The van der Waals surface area contributed by atoms with Crippen LogP contribution in [0.5, 0.6) is 0 Å². The van der Waals surface area contributed by atoms with Crippen LogP contribution in [0.2, 0.25) is 0 Å². The molecule has 1 rings (SSSR count). The van der Waals surface area contributed by atoms with Gasteiger partial charge in [-0.05, 0) is 23.6 Å². The third-order valence-corrected chi connectivity index (χ3v) is 2.51. The topological polar surface area (TPSA) is 40.5 Å². The maximum absolute atomic E-state index is 8.95. The summed E-state index contributed by atoms with van der Waals surface area (Å²) in [6.07, 6.45) is 0. The average molecular weight is 184 g/mol. The first kappa shape index (κ1) is 9.66. The van der Waals surface area contributed by atoms with Gasteiger partial charge in [0.05, 0.1) is 0 Å². The van der Waals surface area contributed by atoms with E-state index in [1.54, 1.807) is 6.07 Å². The van der Waals surface area contributed by atoms with Crippen molar-refractivity contribution < 1.29 is 9.79 Å². The smallest absolute Gasteiger partial charge is 0.199 e. The van der Waals surface area contributed by atoms with E-state index < -0.39 is 8.38 Å². The summed E-state index contributed by atoms with van der Waals surface area (Å²) in [4.78, 5) is 17.9. The summed E-state index contributed by atoms with van der Waals surface area (Å²) < 4.78 is 0. The zero-order valence-corrected chi connectivity index (χ0v) is 8.12. The van der Waals surface area contributed by atoms with Crippen LogP contribution in [0, 0.1) is 0 Å². The third kappa shape index (κ3) is 2.28. The molecular weight excluding hydrogens is 171 g/mol. The summed E-state index contributed by atoms with van der Waals surface area (Å²) in [7, 11) is -1.94. The summed E-state index contributed by atoms with van der Waals surface area (Å²) in [5.41, 5.74) is 1.14. The van der Waals surface area contributed by atoms with Crippen LogP contribution in [0.3, 0.4) is 0 Å². The lowest BCUT2D eigenvalue weighted by atomic mass is 10.0. The minimum atomic E-state index is -1.94. The highest BCUT2D eigenvalue weighted by molar-refractivity contribution is 7.54. The van der Waals surface area contributed by atoms with Gasteiger partial charge in [0.15, 0.2) is 8.38 Å². The minimum Gasteiger partial charge on any atom is -0.347 e. The van der Waals surface area contributed by atoms with E-state index in [0.29, 0.717) is 11.2 Å². The molecule has 1 aromatic rings. The lowest BCUT2D eigenvalue weighted by molar-refractivity contribution is 0.497. The maximum atomic E-state index is 8.95. The maximum Gasteiger partial charge on any atom is 0.199 e.